The van der Waals surface area contributed by atoms with Gasteiger partial charge in [0, 0.05) is 60.6 Å². The van der Waals surface area contributed by atoms with Crippen LogP contribution in [0.4, 0.5) is 16.2 Å². The summed E-state index contributed by atoms with van der Waals surface area (Å²) in [5.41, 5.74) is 3.32. The number of aryl methyl sites for hydroxylation is 1. The maximum Gasteiger partial charge on any atom is 0.319 e. The lowest BCUT2D eigenvalue weighted by Gasteiger charge is -2.27. The number of aromatic nitrogens is 1. The summed E-state index contributed by atoms with van der Waals surface area (Å²) in [4.78, 5) is 44.3. The number of carbonyl (C=O) groups is 3. The van der Waals surface area contributed by atoms with Gasteiger partial charge in [-0.05, 0) is 56.3 Å². The van der Waals surface area contributed by atoms with Gasteiger partial charge in [0.15, 0.2) is 0 Å². The Kier molecular flexibility index (Phi) is 10.6. The zero-order valence-corrected chi connectivity index (χ0v) is 26.7. The minimum absolute atomic E-state index is 0.0506. The molecular formula is C32H34Cl2N6O4. The van der Waals surface area contributed by atoms with Crippen molar-refractivity contribution < 1.29 is 19.1 Å². The number of hydrogen-bond acceptors (Lipinski definition) is 6. The molecule has 4 aromatic rings. The van der Waals surface area contributed by atoms with Crippen LogP contribution in [0.5, 0.6) is 5.75 Å². The van der Waals surface area contributed by atoms with Crippen LogP contribution in [0.15, 0.2) is 66.7 Å². The maximum absolute atomic E-state index is 13.0. The van der Waals surface area contributed by atoms with Gasteiger partial charge in [-0.3, -0.25) is 14.6 Å². The van der Waals surface area contributed by atoms with Crippen molar-refractivity contribution in [1.82, 2.24) is 20.3 Å². The molecular weight excluding hydrogens is 603 g/mol. The summed E-state index contributed by atoms with van der Waals surface area (Å²) >= 11 is 13.2. The van der Waals surface area contributed by atoms with Crippen LogP contribution in [0.1, 0.15) is 28.5 Å². The highest BCUT2D eigenvalue weighted by Crippen LogP contribution is 2.35. The predicted octanol–water partition coefficient (Wildman–Crippen LogP) is 6.15. The molecule has 0 saturated heterocycles. The van der Waals surface area contributed by atoms with Crippen LogP contribution in [-0.4, -0.2) is 67.1 Å². The SMILES string of the molecule is CCN(C(=O)c1cccc(NC(=O)NCC(=O)N(C)c2ccc(Cl)c(COc3cccc4ccc(C)nc34)c2Cl)c1)N(C)C. The molecule has 0 radical (unpaired) electrons. The molecule has 1 aromatic heterocycles. The highest BCUT2D eigenvalue weighted by molar-refractivity contribution is 6.38. The Balaban J connectivity index is 1.39. The fourth-order valence-electron chi connectivity index (χ4n) is 4.53. The molecule has 2 N–H and O–H groups in total. The average molecular weight is 638 g/mol. The van der Waals surface area contributed by atoms with Crippen LogP contribution >= 0.6 is 23.2 Å². The van der Waals surface area contributed by atoms with Gasteiger partial charge < -0.3 is 20.3 Å². The third kappa shape index (κ3) is 7.57. The largest absolute Gasteiger partial charge is 0.487 e. The molecule has 10 nitrogen and oxygen atoms in total. The number of amides is 4. The molecule has 0 fully saturated rings. The normalized spacial score (nSPS) is 10.9. The van der Waals surface area contributed by atoms with Gasteiger partial charge in [0.05, 0.1) is 17.3 Å². The Bertz CT molecular complexity index is 1700. The van der Waals surface area contributed by atoms with E-state index in [4.69, 9.17) is 27.9 Å². The second kappa shape index (κ2) is 14.4. The number of carbonyl (C=O) groups excluding carboxylic acids is 3. The van der Waals surface area contributed by atoms with Crippen molar-refractivity contribution in [3.05, 3.63) is 93.6 Å². The smallest absolute Gasteiger partial charge is 0.319 e. The first kappa shape index (κ1) is 32.5. The van der Waals surface area contributed by atoms with Crippen molar-refractivity contribution in [2.75, 3.05) is 44.4 Å². The number of rotatable bonds is 10. The Hall–Kier alpha value is -4.38. The molecule has 12 heteroatoms. The summed E-state index contributed by atoms with van der Waals surface area (Å²) in [7, 11) is 5.11. The third-order valence-electron chi connectivity index (χ3n) is 6.88. The van der Waals surface area contributed by atoms with E-state index in [9.17, 15) is 14.4 Å². The number of anilines is 2. The number of urea groups is 1. The monoisotopic (exact) mass is 636 g/mol. The van der Waals surface area contributed by atoms with E-state index in [1.54, 1.807) is 67.6 Å². The number of nitrogens with zero attached hydrogens (tertiary/aromatic N) is 4. The summed E-state index contributed by atoms with van der Waals surface area (Å²) in [5.74, 6) is -0.0380. The van der Waals surface area contributed by atoms with E-state index in [0.717, 1.165) is 16.6 Å². The van der Waals surface area contributed by atoms with Gasteiger partial charge in [-0.1, -0.05) is 47.5 Å². The lowest BCUT2D eigenvalue weighted by Crippen LogP contribution is -2.41. The van der Waals surface area contributed by atoms with E-state index in [-0.39, 0.29) is 24.1 Å². The van der Waals surface area contributed by atoms with Gasteiger partial charge >= 0.3 is 6.03 Å². The lowest BCUT2D eigenvalue weighted by molar-refractivity contribution is -0.117. The molecule has 0 aliphatic heterocycles. The molecule has 0 saturated carbocycles. The molecule has 0 bridgehead atoms. The first-order valence-corrected chi connectivity index (χ1v) is 14.6. The summed E-state index contributed by atoms with van der Waals surface area (Å²) < 4.78 is 6.08. The van der Waals surface area contributed by atoms with Crippen molar-refractivity contribution in [3.8, 4) is 5.75 Å². The Morgan fingerprint density at radius 2 is 1.70 bits per heavy atom. The number of hydrogen-bond donors (Lipinski definition) is 2. The summed E-state index contributed by atoms with van der Waals surface area (Å²) in [6.45, 7) is 4.02. The lowest BCUT2D eigenvalue weighted by atomic mass is 10.1. The molecule has 0 atom stereocenters. The van der Waals surface area contributed by atoms with Crippen LogP contribution in [0.2, 0.25) is 10.0 Å². The van der Waals surface area contributed by atoms with Crippen molar-refractivity contribution >= 4 is 63.3 Å². The van der Waals surface area contributed by atoms with Crippen LogP contribution in [0, 0.1) is 6.92 Å². The maximum atomic E-state index is 13.0. The van der Waals surface area contributed by atoms with E-state index in [1.165, 1.54) is 4.90 Å². The van der Waals surface area contributed by atoms with Crippen molar-refractivity contribution in [2.45, 2.75) is 20.5 Å². The highest BCUT2D eigenvalue weighted by Gasteiger charge is 2.20. The van der Waals surface area contributed by atoms with Gasteiger partial charge in [-0.15, -0.1) is 0 Å². The Morgan fingerprint density at radius 3 is 2.43 bits per heavy atom. The second-order valence-corrected chi connectivity index (χ2v) is 10.9. The highest BCUT2D eigenvalue weighted by atomic mass is 35.5. The molecule has 4 amide bonds. The van der Waals surface area contributed by atoms with E-state index in [2.05, 4.69) is 15.6 Å². The number of ether oxygens (including phenoxy) is 1. The van der Waals surface area contributed by atoms with Gasteiger partial charge in [0.25, 0.3) is 5.91 Å². The number of pyridine rings is 1. The number of hydrazine groups is 1. The van der Waals surface area contributed by atoms with Gasteiger partial charge in [0.2, 0.25) is 5.91 Å². The summed E-state index contributed by atoms with van der Waals surface area (Å²) in [5, 5.41) is 10.1. The number of para-hydroxylation sites is 1. The fraction of sp³-hybridized carbons (Fsp3) is 0.250. The van der Waals surface area contributed by atoms with Gasteiger partial charge in [0.1, 0.15) is 17.9 Å². The van der Waals surface area contributed by atoms with Gasteiger partial charge in [-0.25, -0.2) is 14.8 Å². The van der Waals surface area contributed by atoms with Crippen molar-refractivity contribution in [1.29, 1.82) is 0 Å². The number of nitrogens with one attached hydrogen (secondary N) is 2. The van der Waals surface area contributed by atoms with Crippen LogP contribution < -0.4 is 20.3 Å². The van der Waals surface area contributed by atoms with Crippen LogP contribution in [-0.2, 0) is 11.4 Å². The van der Waals surface area contributed by atoms with Crippen molar-refractivity contribution in [2.24, 2.45) is 0 Å². The Morgan fingerprint density at radius 1 is 0.955 bits per heavy atom. The number of fused-ring (bicyclic) bond motifs is 1. The molecule has 230 valence electrons. The first-order chi connectivity index (χ1) is 21.0. The van der Waals surface area contributed by atoms with Crippen molar-refractivity contribution in [3.63, 3.8) is 0 Å². The molecule has 3 aromatic carbocycles. The minimum Gasteiger partial charge on any atom is -0.487 e. The number of likely N-dealkylation sites (N-methyl/N-ethyl adjacent to an activating group) is 1. The number of halogens is 2. The van der Waals surface area contributed by atoms with E-state index in [1.807, 2.05) is 44.2 Å². The quantitative estimate of drug-likeness (QED) is 0.202. The van der Waals surface area contributed by atoms with E-state index in [0.29, 0.717) is 39.8 Å². The standard InChI is InChI=1S/C32H34Cl2N6O4/c1-6-40(38(3)4)31(42)22-10-7-11-23(17-22)37-32(43)35-18-28(41)39(5)26-16-15-25(33)24(29(26)34)19-44-27-12-8-9-21-14-13-20(2)36-30(21)27/h7-17H,6,18-19H2,1-5H3,(H2,35,37,43). The zero-order valence-electron chi connectivity index (χ0n) is 25.1. The average Bonchev–Trinajstić information content (AvgIpc) is 2.99. The van der Waals surface area contributed by atoms with Crippen LogP contribution in [0.25, 0.3) is 10.9 Å². The Labute approximate surface area is 266 Å². The first-order valence-electron chi connectivity index (χ1n) is 13.9. The van der Waals surface area contributed by atoms with E-state index >= 15 is 0 Å². The molecule has 1 heterocycles. The molecule has 0 spiro atoms. The summed E-state index contributed by atoms with van der Waals surface area (Å²) in [6.07, 6.45) is 0. The molecule has 44 heavy (non-hydrogen) atoms. The molecule has 4 rings (SSSR count). The molecule has 0 aliphatic carbocycles. The van der Waals surface area contributed by atoms with E-state index < -0.39 is 11.9 Å². The van der Waals surface area contributed by atoms with Gasteiger partial charge in [-0.2, -0.15) is 0 Å². The fourth-order valence-corrected chi connectivity index (χ4v) is 5.14. The summed E-state index contributed by atoms with van der Waals surface area (Å²) in [6, 6.07) is 18.8. The topological polar surface area (TPSA) is 107 Å². The van der Waals surface area contributed by atoms with Crippen LogP contribution in [0.3, 0.4) is 0 Å². The number of benzene rings is 3. The minimum atomic E-state index is -0.605. The predicted molar refractivity (Wildman–Crippen MR) is 175 cm³/mol. The molecule has 0 unspecified atom stereocenters. The second-order valence-electron chi connectivity index (χ2n) is 10.1. The molecule has 0 aliphatic rings. The third-order valence-corrected chi connectivity index (χ3v) is 7.66. The zero-order chi connectivity index (χ0) is 32.0.